The molecule has 1 aliphatic heterocycles. The molecule has 2 aliphatic rings. The van der Waals surface area contributed by atoms with Crippen molar-refractivity contribution in [2.24, 2.45) is 5.92 Å². The van der Waals surface area contributed by atoms with Crippen molar-refractivity contribution < 1.29 is 4.39 Å². The molecule has 0 bridgehead atoms. The predicted molar refractivity (Wildman–Crippen MR) is 79.2 cm³/mol. The lowest BCUT2D eigenvalue weighted by Gasteiger charge is -2.42. The molecule has 2 unspecified atom stereocenters. The number of hydrogen-bond donors (Lipinski definition) is 1. The van der Waals surface area contributed by atoms with Gasteiger partial charge in [0.2, 0.25) is 0 Å². The van der Waals surface area contributed by atoms with Gasteiger partial charge in [-0.1, -0.05) is 42.9 Å². The van der Waals surface area contributed by atoms with Crippen LogP contribution in [-0.4, -0.2) is 13.1 Å². The summed E-state index contributed by atoms with van der Waals surface area (Å²) in [6.07, 6.45) is 7.77. The normalized spacial score (nSPS) is 29.2. The lowest BCUT2D eigenvalue weighted by Crippen LogP contribution is -2.41. The Morgan fingerprint density at radius 2 is 2.00 bits per heavy atom. The molecule has 102 valence electrons. The number of rotatable bonds is 1. The van der Waals surface area contributed by atoms with Crippen molar-refractivity contribution in [2.75, 3.05) is 13.1 Å². The quantitative estimate of drug-likeness (QED) is 0.828. The van der Waals surface area contributed by atoms with Gasteiger partial charge >= 0.3 is 0 Å². The van der Waals surface area contributed by atoms with Gasteiger partial charge in [-0.15, -0.1) is 12.4 Å². The first kappa shape index (κ1) is 14.3. The maximum atomic E-state index is 13.1. The Hall–Kier alpha value is -1.12. The Morgan fingerprint density at radius 3 is 2.74 bits per heavy atom. The molecular weight excluding hydrogens is 261 g/mol. The second-order valence-corrected chi connectivity index (χ2v) is 5.41. The minimum atomic E-state index is -0.164. The van der Waals surface area contributed by atoms with Crippen molar-refractivity contribution in [3.8, 4) is 0 Å². The van der Waals surface area contributed by atoms with E-state index in [1.807, 2.05) is 12.1 Å². The topological polar surface area (TPSA) is 12.0 Å². The SMILES string of the molecule is CC1(c2ccc(F)cc2)C=CC=C2CNCCC21.Cl. The molecule has 1 saturated heterocycles. The van der Waals surface area contributed by atoms with Gasteiger partial charge in [-0.05, 0) is 36.6 Å². The van der Waals surface area contributed by atoms with Crippen molar-refractivity contribution in [2.45, 2.75) is 18.8 Å². The highest BCUT2D eigenvalue weighted by atomic mass is 35.5. The van der Waals surface area contributed by atoms with E-state index in [-0.39, 0.29) is 23.6 Å². The molecule has 1 aromatic carbocycles. The van der Waals surface area contributed by atoms with Gasteiger partial charge in [-0.3, -0.25) is 0 Å². The standard InChI is InChI=1S/C16H18FN.ClH/c1-16(13-4-6-14(17)7-5-13)9-2-3-12-11-18-10-8-15(12)16;/h2-7,9,15,18H,8,10-11H2,1H3;1H. The van der Waals surface area contributed by atoms with Crippen LogP contribution >= 0.6 is 12.4 Å². The van der Waals surface area contributed by atoms with E-state index < -0.39 is 0 Å². The maximum absolute atomic E-state index is 13.1. The van der Waals surface area contributed by atoms with Crippen molar-refractivity contribution in [1.82, 2.24) is 5.32 Å². The molecule has 2 atom stereocenters. The van der Waals surface area contributed by atoms with E-state index >= 15 is 0 Å². The first-order valence-corrected chi connectivity index (χ1v) is 6.55. The zero-order chi connectivity index (χ0) is 12.6. The summed E-state index contributed by atoms with van der Waals surface area (Å²) in [4.78, 5) is 0. The van der Waals surface area contributed by atoms with Crippen molar-refractivity contribution in [3.63, 3.8) is 0 Å². The molecule has 1 nitrogen and oxygen atoms in total. The molecule has 19 heavy (non-hydrogen) atoms. The molecule has 1 aromatic rings. The molecule has 3 heteroatoms. The van der Waals surface area contributed by atoms with Crippen LogP contribution < -0.4 is 5.32 Å². The fourth-order valence-electron chi connectivity index (χ4n) is 3.24. The van der Waals surface area contributed by atoms with Gasteiger partial charge in [0.25, 0.3) is 0 Å². The fourth-order valence-corrected chi connectivity index (χ4v) is 3.24. The van der Waals surface area contributed by atoms with E-state index in [0.717, 1.165) is 19.5 Å². The molecule has 0 amide bonds. The zero-order valence-corrected chi connectivity index (χ0v) is 11.8. The van der Waals surface area contributed by atoms with Crippen LogP contribution in [0.2, 0.25) is 0 Å². The summed E-state index contributed by atoms with van der Waals surface area (Å²) >= 11 is 0. The van der Waals surface area contributed by atoms with Gasteiger partial charge < -0.3 is 5.32 Å². The molecule has 3 rings (SSSR count). The second-order valence-electron chi connectivity index (χ2n) is 5.41. The lowest BCUT2D eigenvalue weighted by atomic mass is 9.64. The number of piperidine rings is 1. The van der Waals surface area contributed by atoms with Gasteiger partial charge in [0.1, 0.15) is 5.82 Å². The highest BCUT2D eigenvalue weighted by molar-refractivity contribution is 5.85. The number of benzene rings is 1. The molecule has 0 radical (unpaired) electrons. The molecule has 1 fully saturated rings. The third kappa shape index (κ3) is 2.47. The van der Waals surface area contributed by atoms with Gasteiger partial charge in [0.05, 0.1) is 0 Å². The van der Waals surface area contributed by atoms with Crippen molar-refractivity contribution in [1.29, 1.82) is 0 Å². The van der Waals surface area contributed by atoms with E-state index in [2.05, 4.69) is 30.5 Å². The second kappa shape index (κ2) is 5.48. The average Bonchev–Trinajstić information content (AvgIpc) is 2.40. The largest absolute Gasteiger partial charge is 0.313 e. The molecule has 1 N–H and O–H groups in total. The Kier molecular flexibility index (Phi) is 4.12. The van der Waals surface area contributed by atoms with Crippen molar-refractivity contribution in [3.05, 3.63) is 59.4 Å². The number of allylic oxidation sites excluding steroid dienone is 3. The molecule has 0 aromatic heterocycles. The van der Waals surface area contributed by atoms with Crippen LogP contribution in [0.4, 0.5) is 4.39 Å². The van der Waals surface area contributed by atoms with Gasteiger partial charge in [0, 0.05) is 12.0 Å². The van der Waals surface area contributed by atoms with E-state index in [0.29, 0.717) is 5.92 Å². The fraction of sp³-hybridized carbons (Fsp3) is 0.375. The monoisotopic (exact) mass is 279 g/mol. The van der Waals surface area contributed by atoms with Crippen LogP contribution in [0.3, 0.4) is 0 Å². The number of fused-ring (bicyclic) bond motifs is 1. The third-order valence-electron chi connectivity index (χ3n) is 4.33. The molecule has 1 aliphatic carbocycles. The Labute approximate surface area is 120 Å². The molecule has 0 spiro atoms. The summed E-state index contributed by atoms with van der Waals surface area (Å²) in [5.74, 6) is 0.373. The molecule has 1 heterocycles. The first-order valence-electron chi connectivity index (χ1n) is 6.55. The number of nitrogens with one attached hydrogen (secondary N) is 1. The summed E-state index contributed by atoms with van der Waals surface area (Å²) in [7, 11) is 0. The Bertz CT molecular complexity index is 506. The van der Waals surface area contributed by atoms with Crippen LogP contribution in [-0.2, 0) is 5.41 Å². The van der Waals surface area contributed by atoms with Gasteiger partial charge in [0.15, 0.2) is 0 Å². The highest BCUT2D eigenvalue weighted by Crippen LogP contribution is 2.43. The van der Waals surface area contributed by atoms with E-state index in [4.69, 9.17) is 0 Å². The van der Waals surface area contributed by atoms with Crippen LogP contribution in [0, 0.1) is 11.7 Å². The molecule has 0 saturated carbocycles. The highest BCUT2D eigenvalue weighted by Gasteiger charge is 2.38. The number of hydrogen-bond acceptors (Lipinski definition) is 1. The van der Waals surface area contributed by atoms with Gasteiger partial charge in [-0.2, -0.15) is 0 Å². The van der Waals surface area contributed by atoms with Crippen LogP contribution in [0.5, 0.6) is 0 Å². The zero-order valence-electron chi connectivity index (χ0n) is 11.0. The Morgan fingerprint density at radius 1 is 1.26 bits per heavy atom. The summed E-state index contributed by atoms with van der Waals surface area (Å²) in [5.41, 5.74) is 2.67. The van der Waals surface area contributed by atoms with E-state index in [1.165, 1.54) is 11.1 Å². The minimum absolute atomic E-state index is 0. The van der Waals surface area contributed by atoms with Crippen molar-refractivity contribution >= 4 is 12.4 Å². The van der Waals surface area contributed by atoms with Crippen LogP contribution in [0.15, 0.2) is 48.1 Å². The average molecular weight is 280 g/mol. The van der Waals surface area contributed by atoms with Crippen LogP contribution in [0.25, 0.3) is 0 Å². The first-order chi connectivity index (χ1) is 8.70. The summed E-state index contributed by atoms with van der Waals surface area (Å²) in [5, 5.41) is 3.42. The summed E-state index contributed by atoms with van der Waals surface area (Å²) < 4.78 is 13.1. The minimum Gasteiger partial charge on any atom is -0.313 e. The maximum Gasteiger partial charge on any atom is 0.123 e. The molecular formula is C16H19ClFN. The summed E-state index contributed by atoms with van der Waals surface area (Å²) in [6, 6.07) is 6.97. The summed E-state index contributed by atoms with van der Waals surface area (Å²) in [6.45, 7) is 4.30. The lowest BCUT2D eigenvalue weighted by molar-refractivity contribution is 0.339. The van der Waals surface area contributed by atoms with Gasteiger partial charge in [-0.25, -0.2) is 4.39 Å². The van der Waals surface area contributed by atoms with E-state index in [1.54, 1.807) is 12.1 Å². The Balaban J connectivity index is 0.00000133. The number of halogens is 2. The smallest absolute Gasteiger partial charge is 0.123 e. The van der Waals surface area contributed by atoms with E-state index in [9.17, 15) is 4.39 Å². The third-order valence-corrected chi connectivity index (χ3v) is 4.33. The van der Waals surface area contributed by atoms with Crippen LogP contribution in [0.1, 0.15) is 18.9 Å². The predicted octanol–water partition coefficient (Wildman–Crippen LogP) is 3.61.